The van der Waals surface area contributed by atoms with Gasteiger partial charge in [0.15, 0.2) is 0 Å². The Morgan fingerprint density at radius 1 is 1.22 bits per heavy atom. The second kappa shape index (κ2) is 25.8. The van der Waals surface area contributed by atoms with Crippen molar-refractivity contribution in [3.63, 3.8) is 0 Å². The molecule has 0 fully saturated rings. The van der Waals surface area contributed by atoms with E-state index < -0.39 is 0 Å². The summed E-state index contributed by atoms with van der Waals surface area (Å²) in [5.41, 5.74) is 1.26. The van der Waals surface area contributed by atoms with Crippen LogP contribution in [0.5, 0.6) is 0 Å². The van der Waals surface area contributed by atoms with Crippen molar-refractivity contribution in [2.75, 3.05) is 18.5 Å². The molecule has 0 heterocycles. The van der Waals surface area contributed by atoms with E-state index in [1.165, 1.54) is 12.1 Å². The van der Waals surface area contributed by atoms with E-state index in [-0.39, 0.29) is 0 Å². The van der Waals surface area contributed by atoms with E-state index in [2.05, 4.69) is 75.7 Å². The molecule has 0 aromatic heterocycles. The summed E-state index contributed by atoms with van der Waals surface area (Å²) in [5.74, 6) is 0.884. The van der Waals surface area contributed by atoms with Crippen LogP contribution < -0.4 is 0 Å². The summed E-state index contributed by atoms with van der Waals surface area (Å²) in [7, 11) is 2.06. The van der Waals surface area contributed by atoms with Crippen molar-refractivity contribution in [1.82, 2.24) is 4.90 Å². The average molecular weight is 369 g/mol. The lowest BCUT2D eigenvalue weighted by Gasteiger charge is -2.15. The van der Waals surface area contributed by atoms with Gasteiger partial charge in [0.25, 0.3) is 0 Å². The molecule has 0 rings (SSSR count). The fourth-order valence-electron chi connectivity index (χ4n) is 0.547. The van der Waals surface area contributed by atoms with Crippen LogP contribution in [0.1, 0.15) is 54.9 Å². The third-order valence-corrected chi connectivity index (χ3v) is 2.25. The van der Waals surface area contributed by atoms with E-state index >= 15 is 0 Å². The molecule has 0 radical (unpaired) electrons. The van der Waals surface area contributed by atoms with Gasteiger partial charge in [-0.3, -0.25) is 0 Å². The quantitative estimate of drug-likeness (QED) is 0.326. The van der Waals surface area contributed by atoms with Crippen molar-refractivity contribution in [2.24, 2.45) is 5.92 Å². The predicted molar refractivity (Wildman–Crippen MR) is 98.7 cm³/mol. The van der Waals surface area contributed by atoms with Crippen LogP contribution in [0.3, 0.4) is 0 Å². The van der Waals surface area contributed by atoms with Crippen LogP contribution in [0.15, 0.2) is 24.4 Å². The minimum Gasteiger partial charge on any atom is -0.378 e. The molecule has 2 heteroatoms. The minimum absolute atomic E-state index is 0.884. The zero-order valence-electron chi connectivity index (χ0n) is 14.2. The lowest BCUT2D eigenvalue weighted by Crippen LogP contribution is -2.14. The Labute approximate surface area is 131 Å². The van der Waals surface area contributed by atoms with Crippen molar-refractivity contribution in [3.05, 3.63) is 24.4 Å². The Morgan fingerprint density at radius 2 is 1.56 bits per heavy atom. The third kappa shape index (κ3) is 29.8. The van der Waals surface area contributed by atoms with Crippen molar-refractivity contribution < 1.29 is 0 Å². The van der Waals surface area contributed by atoms with Crippen molar-refractivity contribution in [3.8, 4) is 0 Å². The highest BCUT2D eigenvalue weighted by Gasteiger charge is 1.90. The number of allylic oxidation sites excluding steroid dienone is 3. The molecule has 1 nitrogen and oxygen atoms in total. The molecule has 0 amide bonds. The molecular weight excluding hydrogens is 333 g/mol. The van der Waals surface area contributed by atoms with Crippen molar-refractivity contribution >= 4 is 22.6 Å². The SMILES string of the molecule is C=C/C=C(\C)N(C)CC.CC.CCC(C)C.CI. The van der Waals surface area contributed by atoms with Gasteiger partial charge in [-0.1, -0.05) is 76.3 Å². The molecule has 0 saturated carbocycles. The number of hydrogen-bond acceptors (Lipinski definition) is 1. The highest BCUT2D eigenvalue weighted by molar-refractivity contribution is 14.1. The summed E-state index contributed by atoms with van der Waals surface area (Å²) >= 11 is 2.15. The van der Waals surface area contributed by atoms with E-state index in [1.807, 2.05) is 30.9 Å². The topological polar surface area (TPSA) is 3.24 Å². The van der Waals surface area contributed by atoms with Crippen LogP contribution in [0.4, 0.5) is 0 Å². The Bertz CT molecular complexity index is 162. The van der Waals surface area contributed by atoms with Crippen molar-refractivity contribution in [2.45, 2.75) is 54.9 Å². The van der Waals surface area contributed by atoms with E-state index in [9.17, 15) is 0 Å². The molecule has 0 atom stereocenters. The number of alkyl halides is 1. The van der Waals surface area contributed by atoms with Gasteiger partial charge in [0.1, 0.15) is 0 Å². The summed E-state index contributed by atoms with van der Waals surface area (Å²) in [6.45, 7) is 19.5. The first-order chi connectivity index (χ1) is 8.49. The van der Waals surface area contributed by atoms with Gasteiger partial charge in [0.2, 0.25) is 0 Å². The van der Waals surface area contributed by atoms with Gasteiger partial charge in [-0.25, -0.2) is 0 Å². The molecule has 0 aromatic rings. The maximum atomic E-state index is 3.61. The van der Waals surface area contributed by atoms with E-state index in [1.54, 1.807) is 0 Å². The summed E-state index contributed by atoms with van der Waals surface area (Å²) in [4.78, 5) is 4.14. The molecular formula is C16H36IN. The van der Waals surface area contributed by atoms with Crippen LogP contribution in [0.2, 0.25) is 0 Å². The Hall–Kier alpha value is 0.0100. The van der Waals surface area contributed by atoms with E-state index in [4.69, 9.17) is 0 Å². The Morgan fingerprint density at radius 3 is 1.72 bits per heavy atom. The van der Waals surface area contributed by atoms with Crippen LogP contribution in [0, 0.1) is 5.92 Å². The summed E-state index contributed by atoms with van der Waals surface area (Å²) in [6.07, 6.45) is 5.12. The average Bonchev–Trinajstić information content (AvgIpc) is 2.43. The molecule has 112 valence electrons. The van der Waals surface area contributed by atoms with Gasteiger partial charge < -0.3 is 4.90 Å². The van der Waals surface area contributed by atoms with Crippen LogP contribution in [-0.2, 0) is 0 Å². The predicted octanol–water partition coefficient (Wildman–Crippen LogP) is 6.16. The van der Waals surface area contributed by atoms with Gasteiger partial charge in [0, 0.05) is 19.3 Å². The molecule has 0 saturated heterocycles. The number of rotatable bonds is 4. The summed E-state index contributed by atoms with van der Waals surface area (Å²) < 4.78 is 0. The largest absolute Gasteiger partial charge is 0.378 e. The molecule has 0 bridgehead atoms. The number of nitrogens with zero attached hydrogens (tertiary/aromatic N) is 1. The third-order valence-electron chi connectivity index (χ3n) is 2.25. The zero-order valence-corrected chi connectivity index (χ0v) is 16.3. The first kappa shape index (κ1) is 26.5. The lowest BCUT2D eigenvalue weighted by atomic mass is 10.2. The molecule has 0 aromatic carbocycles. The molecule has 18 heavy (non-hydrogen) atoms. The highest BCUT2D eigenvalue weighted by Crippen LogP contribution is 1.97. The number of halogens is 1. The Balaban J connectivity index is -0.0000000925. The van der Waals surface area contributed by atoms with Crippen LogP contribution >= 0.6 is 22.6 Å². The second-order valence-corrected chi connectivity index (χ2v) is 3.86. The normalized spacial score (nSPS) is 8.94. The fraction of sp³-hybridized carbons (Fsp3) is 0.750. The standard InChI is InChI=1S/C8H15N.C5H12.C2H6.CH3I/c1-5-7-8(3)9(4)6-2;1-4-5(2)3;2*1-2/h5,7H,1,6H2,2-4H3;5H,4H2,1-3H3;1-2H3;1H3/b8-7+;;;. The van der Waals surface area contributed by atoms with Gasteiger partial charge in [-0.15, -0.1) is 0 Å². The smallest absolute Gasteiger partial charge is 0.0143 e. The van der Waals surface area contributed by atoms with Gasteiger partial charge in [0.05, 0.1) is 0 Å². The van der Waals surface area contributed by atoms with Crippen molar-refractivity contribution in [1.29, 1.82) is 0 Å². The maximum absolute atomic E-state index is 3.61. The molecule has 0 N–H and O–H groups in total. The first-order valence-electron chi connectivity index (χ1n) is 6.87. The summed E-state index contributed by atoms with van der Waals surface area (Å²) in [5, 5.41) is 0. The minimum atomic E-state index is 0.884. The molecule has 0 aliphatic rings. The second-order valence-electron chi connectivity index (χ2n) is 3.86. The van der Waals surface area contributed by atoms with Gasteiger partial charge in [-0.05, 0) is 30.8 Å². The van der Waals surface area contributed by atoms with Gasteiger partial charge >= 0.3 is 0 Å². The molecule has 0 spiro atoms. The lowest BCUT2D eigenvalue weighted by molar-refractivity contribution is 0.443. The molecule has 0 unspecified atom stereocenters. The summed E-state index contributed by atoms with van der Waals surface area (Å²) in [6, 6.07) is 0. The zero-order chi connectivity index (χ0) is 15.6. The first-order valence-corrected chi connectivity index (χ1v) is 9.03. The van der Waals surface area contributed by atoms with E-state index in [0.29, 0.717) is 0 Å². The maximum Gasteiger partial charge on any atom is 0.0143 e. The monoisotopic (exact) mass is 369 g/mol. The number of hydrogen-bond donors (Lipinski definition) is 0. The van der Waals surface area contributed by atoms with Crippen LogP contribution in [0.25, 0.3) is 0 Å². The highest BCUT2D eigenvalue weighted by atomic mass is 127. The van der Waals surface area contributed by atoms with Gasteiger partial charge in [-0.2, -0.15) is 0 Å². The molecule has 0 aliphatic heterocycles. The van der Waals surface area contributed by atoms with Crippen LogP contribution in [-0.4, -0.2) is 23.4 Å². The molecule has 0 aliphatic carbocycles. The van der Waals surface area contributed by atoms with E-state index in [0.717, 1.165) is 12.5 Å². The Kier molecular flexibility index (Phi) is 38.0. The fourth-order valence-corrected chi connectivity index (χ4v) is 0.547.